The van der Waals surface area contributed by atoms with Crippen molar-refractivity contribution in [1.82, 2.24) is 5.32 Å². The summed E-state index contributed by atoms with van der Waals surface area (Å²) in [6, 6.07) is 16.9. The highest BCUT2D eigenvalue weighted by atomic mass is 16.2. The minimum Gasteiger partial charge on any atom is -0.398 e. The lowest BCUT2D eigenvalue weighted by Gasteiger charge is -2.17. The Morgan fingerprint density at radius 2 is 1.70 bits per heavy atom. The first-order valence-electron chi connectivity index (χ1n) is 6.43. The van der Waals surface area contributed by atoms with Crippen molar-refractivity contribution in [3.8, 4) is 0 Å². The first-order chi connectivity index (χ1) is 9.61. The fourth-order valence-electron chi connectivity index (χ4n) is 2.33. The molecule has 2 aromatic carbocycles. The van der Waals surface area contributed by atoms with Crippen molar-refractivity contribution in [3.05, 3.63) is 65.7 Å². The van der Waals surface area contributed by atoms with E-state index < -0.39 is 5.54 Å². The molecular formula is C16H15N3O. The molecule has 1 heterocycles. The van der Waals surface area contributed by atoms with Gasteiger partial charge in [-0.1, -0.05) is 42.5 Å². The number of hydrogen-bond donors (Lipinski definition) is 2. The molecule has 0 bridgehead atoms. The van der Waals surface area contributed by atoms with E-state index in [9.17, 15) is 4.79 Å². The number of nitrogen functional groups attached to an aromatic ring is 1. The quantitative estimate of drug-likeness (QED) is 0.816. The first kappa shape index (κ1) is 12.4. The number of carbonyl (C=O) groups excluding carboxylic acids is 1. The van der Waals surface area contributed by atoms with E-state index in [0.717, 1.165) is 11.1 Å². The van der Waals surface area contributed by atoms with E-state index >= 15 is 0 Å². The molecule has 0 radical (unpaired) electrons. The zero-order chi connectivity index (χ0) is 14.2. The number of rotatable bonds is 2. The van der Waals surface area contributed by atoms with Gasteiger partial charge in [-0.15, -0.1) is 0 Å². The average Bonchev–Trinajstić information content (AvgIpc) is 2.77. The maximum absolute atomic E-state index is 12.3. The number of aliphatic imine (C=N–C) groups is 1. The normalized spacial score (nSPS) is 21.4. The summed E-state index contributed by atoms with van der Waals surface area (Å²) in [4.78, 5) is 16.9. The predicted octanol–water partition coefficient (Wildman–Crippen LogP) is 2.06. The lowest BCUT2D eigenvalue weighted by molar-refractivity contribution is -0.123. The lowest BCUT2D eigenvalue weighted by Crippen LogP contribution is -2.35. The SMILES string of the molecule is CC1(c2ccccc2)N=C(c2ccccc2N)NC1=O. The van der Waals surface area contributed by atoms with Crippen LogP contribution in [0.25, 0.3) is 0 Å². The summed E-state index contributed by atoms with van der Waals surface area (Å²) in [5.41, 5.74) is 7.25. The van der Waals surface area contributed by atoms with Crippen LogP contribution in [0.2, 0.25) is 0 Å². The fourth-order valence-corrected chi connectivity index (χ4v) is 2.33. The van der Waals surface area contributed by atoms with Gasteiger partial charge in [0.2, 0.25) is 0 Å². The van der Waals surface area contributed by atoms with E-state index in [1.54, 1.807) is 6.07 Å². The molecule has 0 saturated carbocycles. The van der Waals surface area contributed by atoms with Crippen LogP contribution >= 0.6 is 0 Å². The van der Waals surface area contributed by atoms with Gasteiger partial charge in [-0.05, 0) is 24.6 Å². The smallest absolute Gasteiger partial charge is 0.257 e. The van der Waals surface area contributed by atoms with Crippen molar-refractivity contribution in [1.29, 1.82) is 0 Å². The van der Waals surface area contributed by atoms with Gasteiger partial charge in [0.25, 0.3) is 5.91 Å². The Balaban J connectivity index is 2.08. The lowest BCUT2D eigenvalue weighted by atomic mass is 9.93. The summed E-state index contributed by atoms with van der Waals surface area (Å²) in [6.45, 7) is 1.81. The number of anilines is 1. The molecule has 1 aliphatic rings. The van der Waals surface area contributed by atoms with E-state index in [1.807, 2.05) is 55.5 Å². The highest BCUT2D eigenvalue weighted by Crippen LogP contribution is 2.30. The highest BCUT2D eigenvalue weighted by Gasteiger charge is 2.41. The van der Waals surface area contributed by atoms with Crippen molar-refractivity contribution >= 4 is 17.4 Å². The number of hydrogen-bond acceptors (Lipinski definition) is 3. The Bertz CT molecular complexity index is 694. The molecule has 3 rings (SSSR count). The molecule has 1 amide bonds. The number of nitrogens with zero attached hydrogens (tertiary/aromatic N) is 1. The van der Waals surface area contributed by atoms with Crippen LogP contribution in [0.1, 0.15) is 18.1 Å². The molecule has 1 atom stereocenters. The summed E-state index contributed by atoms with van der Waals surface area (Å²) in [5, 5.41) is 2.83. The number of amides is 1. The largest absolute Gasteiger partial charge is 0.398 e. The van der Waals surface area contributed by atoms with Gasteiger partial charge in [-0.2, -0.15) is 0 Å². The molecule has 0 aromatic heterocycles. The molecule has 0 aliphatic carbocycles. The molecule has 4 nitrogen and oxygen atoms in total. The third-order valence-corrected chi connectivity index (χ3v) is 3.56. The Morgan fingerprint density at radius 1 is 1.05 bits per heavy atom. The monoisotopic (exact) mass is 265 g/mol. The zero-order valence-corrected chi connectivity index (χ0v) is 11.1. The van der Waals surface area contributed by atoms with E-state index in [1.165, 1.54) is 0 Å². The number of benzene rings is 2. The number of nitrogens with two attached hydrogens (primary N) is 1. The first-order valence-corrected chi connectivity index (χ1v) is 6.43. The summed E-state index contributed by atoms with van der Waals surface area (Å²) in [5.74, 6) is 0.390. The van der Waals surface area contributed by atoms with Gasteiger partial charge in [0.1, 0.15) is 5.84 Å². The van der Waals surface area contributed by atoms with Crippen molar-refractivity contribution < 1.29 is 4.79 Å². The van der Waals surface area contributed by atoms with Gasteiger partial charge in [0, 0.05) is 11.3 Å². The molecule has 1 unspecified atom stereocenters. The third-order valence-electron chi connectivity index (χ3n) is 3.56. The van der Waals surface area contributed by atoms with Crippen LogP contribution in [0.5, 0.6) is 0 Å². The van der Waals surface area contributed by atoms with Crippen LogP contribution < -0.4 is 11.1 Å². The van der Waals surface area contributed by atoms with Crippen molar-refractivity contribution in [3.63, 3.8) is 0 Å². The summed E-state index contributed by atoms with van der Waals surface area (Å²) in [6.07, 6.45) is 0. The molecule has 0 saturated heterocycles. The van der Waals surface area contributed by atoms with Crippen LogP contribution in [0.4, 0.5) is 5.69 Å². The van der Waals surface area contributed by atoms with Gasteiger partial charge in [0.15, 0.2) is 5.54 Å². The predicted molar refractivity (Wildman–Crippen MR) is 79.3 cm³/mol. The molecule has 100 valence electrons. The minimum atomic E-state index is -0.904. The minimum absolute atomic E-state index is 0.137. The number of amidine groups is 1. The standard InChI is InChI=1S/C16H15N3O/c1-16(11-7-3-2-4-8-11)15(20)18-14(19-16)12-9-5-6-10-13(12)17/h2-10H,17H2,1H3,(H,18,19,20). The van der Waals surface area contributed by atoms with Crippen molar-refractivity contribution in [2.45, 2.75) is 12.5 Å². The third kappa shape index (κ3) is 1.86. The van der Waals surface area contributed by atoms with E-state index in [2.05, 4.69) is 10.3 Å². The molecule has 4 heteroatoms. The van der Waals surface area contributed by atoms with Gasteiger partial charge in [-0.3, -0.25) is 4.79 Å². The maximum atomic E-state index is 12.3. The molecular weight excluding hydrogens is 250 g/mol. The van der Waals surface area contributed by atoms with Gasteiger partial charge >= 0.3 is 0 Å². The number of para-hydroxylation sites is 1. The topological polar surface area (TPSA) is 67.5 Å². The molecule has 0 spiro atoms. The van der Waals surface area contributed by atoms with Crippen LogP contribution in [0.15, 0.2) is 59.6 Å². The molecule has 1 aliphatic heterocycles. The second-order valence-electron chi connectivity index (χ2n) is 4.94. The summed E-state index contributed by atoms with van der Waals surface area (Å²) >= 11 is 0. The average molecular weight is 265 g/mol. The Morgan fingerprint density at radius 3 is 2.40 bits per heavy atom. The molecule has 2 aromatic rings. The maximum Gasteiger partial charge on any atom is 0.257 e. The van der Waals surface area contributed by atoms with Gasteiger partial charge < -0.3 is 11.1 Å². The summed E-state index contributed by atoms with van der Waals surface area (Å²) < 4.78 is 0. The zero-order valence-electron chi connectivity index (χ0n) is 11.1. The molecule has 3 N–H and O–H groups in total. The fraction of sp³-hybridized carbons (Fsp3) is 0.125. The van der Waals surface area contributed by atoms with Crippen molar-refractivity contribution in [2.24, 2.45) is 4.99 Å². The Hall–Kier alpha value is -2.62. The van der Waals surface area contributed by atoms with Gasteiger partial charge in [0.05, 0.1) is 0 Å². The Kier molecular flexibility index (Phi) is 2.79. The van der Waals surface area contributed by atoms with Crippen LogP contribution in [0.3, 0.4) is 0 Å². The number of nitrogens with one attached hydrogen (secondary N) is 1. The van der Waals surface area contributed by atoms with E-state index in [0.29, 0.717) is 11.5 Å². The van der Waals surface area contributed by atoms with Crippen LogP contribution in [0, 0.1) is 0 Å². The molecule has 0 fully saturated rings. The van der Waals surface area contributed by atoms with Crippen molar-refractivity contribution in [2.75, 3.05) is 5.73 Å². The van der Waals surface area contributed by atoms with E-state index in [-0.39, 0.29) is 5.91 Å². The Labute approximate surface area is 117 Å². The number of carbonyl (C=O) groups is 1. The second-order valence-corrected chi connectivity index (χ2v) is 4.94. The van der Waals surface area contributed by atoms with E-state index in [4.69, 9.17) is 5.73 Å². The summed E-state index contributed by atoms with van der Waals surface area (Å²) in [7, 11) is 0. The van der Waals surface area contributed by atoms with Gasteiger partial charge in [-0.25, -0.2) is 4.99 Å². The van der Waals surface area contributed by atoms with Crippen LogP contribution in [-0.2, 0) is 10.3 Å². The van der Waals surface area contributed by atoms with Crippen LogP contribution in [-0.4, -0.2) is 11.7 Å². The second kappa shape index (κ2) is 4.49. The highest BCUT2D eigenvalue weighted by molar-refractivity contribution is 6.17. The molecule has 20 heavy (non-hydrogen) atoms.